The van der Waals surface area contributed by atoms with Crippen LogP contribution in [0.3, 0.4) is 0 Å². The van der Waals surface area contributed by atoms with Gasteiger partial charge >= 0.3 is 6.03 Å². The van der Waals surface area contributed by atoms with Crippen LogP contribution in [0.1, 0.15) is 59.0 Å². The van der Waals surface area contributed by atoms with Gasteiger partial charge in [0.05, 0.1) is 23.8 Å². The van der Waals surface area contributed by atoms with Crippen LogP contribution >= 0.6 is 15.9 Å². The lowest BCUT2D eigenvalue weighted by molar-refractivity contribution is 0.101. The van der Waals surface area contributed by atoms with Gasteiger partial charge in [-0.25, -0.2) is 4.79 Å². The topological polar surface area (TPSA) is 98.3 Å². The lowest BCUT2D eigenvalue weighted by atomic mass is 10.1. The van der Waals surface area contributed by atoms with Gasteiger partial charge in [-0.2, -0.15) is 5.10 Å². The molecule has 1 aromatic carbocycles. The first-order chi connectivity index (χ1) is 17.4. The van der Waals surface area contributed by atoms with Crippen molar-refractivity contribution >= 4 is 33.7 Å². The van der Waals surface area contributed by atoms with Crippen LogP contribution in [0.5, 0.6) is 0 Å². The van der Waals surface area contributed by atoms with Crippen LogP contribution in [0.4, 0.5) is 10.6 Å². The molecule has 2 aromatic heterocycles. The first-order valence-electron chi connectivity index (χ1n) is 12.5. The summed E-state index contributed by atoms with van der Waals surface area (Å²) in [6.07, 6.45) is 6.02. The lowest BCUT2D eigenvalue weighted by Crippen LogP contribution is -2.46. The molecule has 3 N–H and O–H groups in total. The van der Waals surface area contributed by atoms with Crippen molar-refractivity contribution in [3.05, 3.63) is 69.6 Å². The third-order valence-corrected chi connectivity index (χ3v) is 8.14. The number of likely N-dealkylation sites (tertiary alicyclic amines) is 1. The highest BCUT2D eigenvalue weighted by Crippen LogP contribution is 2.57. The predicted molar refractivity (Wildman–Crippen MR) is 139 cm³/mol. The Morgan fingerprint density at radius 1 is 1.19 bits per heavy atom. The summed E-state index contributed by atoms with van der Waals surface area (Å²) in [5.74, 6) is 0.255. The van der Waals surface area contributed by atoms with Crippen molar-refractivity contribution < 1.29 is 9.59 Å². The van der Waals surface area contributed by atoms with E-state index in [2.05, 4.69) is 53.8 Å². The molecule has 2 fully saturated rings. The maximum atomic E-state index is 13.7. The predicted octanol–water partition coefficient (Wildman–Crippen LogP) is 4.11. The summed E-state index contributed by atoms with van der Waals surface area (Å²) in [4.78, 5) is 30.9. The average molecular weight is 552 g/mol. The number of anilines is 1. The van der Waals surface area contributed by atoms with Crippen LogP contribution < -0.4 is 10.6 Å². The Morgan fingerprint density at radius 2 is 1.94 bits per heavy atom. The molecule has 10 heteroatoms. The van der Waals surface area contributed by atoms with E-state index >= 15 is 0 Å². The zero-order chi connectivity index (χ0) is 24.9. The molecule has 3 aromatic rings. The molecule has 1 saturated heterocycles. The molecule has 9 nitrogen and oxygen atoms in total. The van der Waals surface area contributed by atoms with Gasteiger partial charge in [0.1, 0.15) is 5.69 Å². The molecule has 188 valence electrons. The molecule has 0 unspecified atom stereocenters. The third-order valence-electron chi connectivity index (χ3n) is 7.71. The SMILES string of the molecule is Cn1cc(Br)cc1C(=O)Nc1n[nH]c2c1CN(C(=O)N[C@H](CN1CCCC1)c1ccccc1)C21CC1. The number of fused-ring (bicyclic) bond motifs is 2. The molecule has 0 radical (unpaired) electrons. The number of rotatable bonds is 6. The molecular weight excluding hydrogens is 522 g/mol. The van der Waals surface area contributed by atoms with Crippen LogP contribution in [0.25, 0.3) is 0 Å². The van der Waals surface area contributed by atoms with Gasteiger partial charge in [0.25, 0.3) is 5.91 Å². The van der Waals surface area contributed by atoms with E-state index < -0.39 is 0 Å². The van der Waals surface area contributed by atoms with Crippen LogP contribution in [-0.4, -0.2) is 56.1 Å². The summed E-state index contributed by atoms with van der Waals surface area (Å²) in [6.45, 7) is 3.36. The molecule has 3 amide bonds. The summed E-state index contributed by atoms with van der Waals surface area (Å²) in [7, 11) is 1.82. The van der Waals surface area contributed by atoms with Gasteiger partial charge in [-0.05, 0) is 66.3 Å². The maximum absolute atomic E-state index is 13.7. The molecule has 4 heterocycles. The third kappa shape index (κ3) is 4.12. The van der Waals surface area contributed by atoms with E-state index in [1.807, 2.05) is 36.3 Å². The van der Waals surface area contributed by atoms with Crippen molar-refractivity contribution in [1.82, 2.24) is 29.9 Å². The fourth-order valence-corrected chi connectivity index (χ4v) is 6.17. The molecule has 1 atom stereocenters. The molecule has 1 aliphatic carbocycles. The summed E-state index contributed by atoms with van der Waals surface area (Å²) in [5.41, 5.74) is 3.11. The van der Waals surface area contributed by atoms with E-state index in [0.29, 0.717) is 18.1 Å². The monoisotopic (exact) mass is 551 g/mol. The minimum atomic E-state index is -0.363. The standard InChI is InChI=1S/C26H30BrN7O2/c1-32-14-18(27)13-21(32)24(35)29-23-19-15-34(26(9-10-26)22(19)30-31-23)25(36)28-20(16-33-11-5-6-12-33)17-7-3-2-4-8-17/h2-4,7-8,13-14,20H,5-6,9-12,15-16H2,1H3,(H,28,36)(H2,29,30,31,35)/t20-/m1/s1. The highest BCUT2D eigenvalue weighted by Gasteiger charge is 2.59. The molecule has 2 aliphatic heterocycles. The van der Waals surface area contributed by atoms with Crippen molar-refractivity contribution in [2.45, 2.75) is 43.8 Å². The number of benzene rings is 1. The number of hydrogen-bond acceptors (Lipinski definition) is 4. The summed E-state index contributed by atoms with van der Waals surface area (Å²) < 4.78 is 2.60. The summed E-state index contributed by atoms with van der Waals surface area (Å²) in [6, 6.07) is 11.8. The molecule has 1 saturated carbocycles. The van der Waals surface area contributed by atoms with E-state index in [4.69, 9.17) is 0 Å². The van der Waals surface area contributed by atoms with Crippen molar-refractivity contribution in [2.24, 2.45) is 7.05 Å². The second-order valence-corrected chi connectivity index (χ2v) is 11.0. The normalized spacial score (nSPS) is 18.9. The maximum Gasteiger partial charge on any atom is 0.319 e. The number of halogens is 1. The van der Waals surface area contributed by atoms with Gasteiger partial charge < -0.3 is 25.0 Å². The van der Waals surface area contributed by atoms with Crippen LogP contribution in [0.2, 0.25) is 0 Å². The zero-order valence-corrected chi connectivity index (χ0v) is 21.8. The summed E-state index contributed by atoms with van der Waals surface area (Å²) >= 11 is 3.41. The Morgan fingerprint density at radius 3 is 2.61 bits per heavy atom. The van der Waals surface area contributed by atoms with Crippen LogP contribution in [0, 0.1) is 0 Å². The fraction of sp³-hybridized carbons (Fsp3) is 0.423. The number of nitrogens with zero attached hydrogens (tertiary/aromatic N) is 4. The van der Waals surface area contributed by atoms with Gasteiger partial charge in [-0.1, -0.05) is 30.3 Å². The Kier molecular flexibility index (Phi) is 5.88. The van der Waals surface area contributed by atoms with Crippen molar-refractivity contribution in [3.63, 3.8) is 0 Å². The van der Waals surface area contributed by atoms with Gasteiger partial charge in [-0.15, -0.1) is 0 Å². The Hall–Kier alpha value is -3.11. The number of aromatic amines is 1. The lowest BCUT2D eigenvalue weighted by Gasteiger charge is -2.30. The number of aryl methyl sites for hydroxylation is 1. The van der Waals surface area contributed by atoms with E-state index in [1.165, 1.54) is 12.8 Å². The second-order valence-electron chi connectivity index (χ2n) is 10.1. The minimum Gasteiger partial charge on any atom is -0.345 e. The van der Waals surface area contributed by atoms with E-state index in [1.54, 1.807) is 10.6 Å². The molecule has 1 spiro atoms. The van der Waals surface area contributed by atoms with E-state index in [0.717, 1.165) is 53.8 Å². The number of carbonyl (C=O) groups is 2. The van der Waals surface area contributed by atoms with E-state index in [9.17, 15) is 9.59 Å². The highest BCUT2D eigenvalue weighted by molar-refractivity contribution is 9.10. The van der Waals surface area contributed by atoms with E-state index in [-0.39, 0.29) is 23.5 Å². The number of urea groups is 1. The van der Waals surface area contributed by atoms with Gasteiger partial charge in [0, 0.05) is 29.8 Å². The number of H-pyrrole nitrogens is 1. The number of carbonyl (C=O) groups excluding carboxylic acids is 2. The Labute approximate surface area is 218 Å². The van der Waals surface area contributed by atoms with Gasteiger partial charge in [-0.3, -0.25) is 9.89 Å². The summed E-state index contributed by atoms with van der Waals surface area (Å²) in [5, 5.41) is 13.8. The molecule has 0 bridgehead atoms. The van der Waals surface area contributed by atoms with Gasteiger partial charge in [0.15, 0.2) is 5.82 Å². The molecule has 3 aliphatic rings. The number of nitrogens with one attached hydrogen (secondary N) is 3. The first-order valence-corrected chi connectivity index (χ1v) is 13.3. The zero-order valence-electron chi connectivity index (χ0n) is 20.3. The van der Waals surface area contributed by atoms with Crippen molar-refractivity contribution in [2.75, 3.05) is 25.0 Å². The quantitative estimate of drug-likeness (QED) is 0.429. The number of amides is 3. The first kappa shape index (κ1) is 23.3. The molecule has 36 heavy (non-hydrogen) atoms. The fourth-order valence-electron chi connectivity index (χ4n) is 5.65. The second kappa shape index (κ2) is 9.08. The number of hydrogen-bond donors (Lipinski definition) is 3. The van der Waals surface area contributed by atoms with Crippen molar-refractivity contribution in [3.8, 4) is 0 Å². The largest absolute Gasteiger partial charge is 0.345 e. The molecule has 6 rings (SSSR count). The van der Waals surface area contributed by atoms with Gasteiger partial charge in [0.2, 0.25) is 0 Å². The Balaban J connectivity index is 1.20. The smallest absolute Gasteiger partial charge is 0.319 e. The number of aromatic nitrogens is 3. The Bertz CT molecular complexity index is 1290. The minimum absolute atomic E-state index is 0.0752. The van der Waals surface area contributed by atoms with Crippen LogP contribution in [0.15, 0.2) is 47.1 Å². The molecular formula is C26H30BrN7O2. The van der Waals surface area contributed by atoms with Crippen molar-refractivity contribution in [1.29, 1.82) is 0 Å². The highest BCUT2D eigenvalue weighted by atomic mass is 79.9. The average Bonchev–Trinajstić information content (AvgIpc) is 3.18. The van der Waals surface area contributed by atoms with Crippen LogP contribution in [-0.2, 0) is 19.1 Å².